The number of carbonyl (C=O) groups excluding carboxylic acids is 2. The number of nitrogens with one attached hydrogen (secondary N) is 2. The number of rotatable bonds is 7. The molecule has 9 heteroatoms. The van der Waals surface area contributed by atoms with Gasteiger partial charge in [0.25, 0.3) is 5.91 Å². The van der Waals surface area contributed by atoms with Gasteiger partial charge in [-0.3, -0.25) is 4.79 Å². The van der Waals surface area contributed by atoms with E-state index in [2.05, 4.69) is 15.7 Å². The van der Waals surface area contributed by atoms with Crippen LogP contribution in [0.4, 0.5) is 10.5 Å². The Balaban J connectivity index is 1.41. The van der Waals surface area contributed by atoms with E-state index in [-0.39, 0.29) is 30.2 Å². The van der Waals surface area contributed by atoms with Crippen LogP contribution in [-0.2, 0) is 6.54 Å². The molecule has 0 spiro atoms. The molecule has 0 unspecified atom stereocenters. The topological polar surface area (TPSA) is 105 Å². The van der Waals surface area contributed by atoms with Crippen molar-refractivity contribution in [1.29, 1.82) is 0 Å². The van der Waals surface area contributed by atoms with Gasteiger partial charge in [0.15, 0.2) is 0 Å². The SMILES string of the molecule is COc1ccccc1C(=O)Nc1ccc(O)c(-c2cc(C3CCC3)n(C(=O)NCc3ccccc3Cl)n2)c1. The van der Waals surface area contributed by atoms with Crippen molar-refractivity contribution in [2.75, 3.05) is 12.4 Å². The van der Waals surface area contributed by atoms with Crippen LogP contribution < -0.4 is 15.4 Å². The Kier molecular flexibility index (Phi) is 7.33. The Bertz CT molecular complexity index is 1500. The molecule has 1 fully saturated rings. The molecular formula is C29H27ClN4O4. The number of para-hydroxylation sites is 1. The molecule has 194 valence electrons. The van der Waals surface area contributed by atoms with Gasteiger partial charge >= 0.3 is 6.03 Å². The summed E-state index contributed by atoms with van der Waals surface area (Å²) >= 11 is 6.24. The zero-order valence-electron chi connectivity index (χ0n) is 20.8. The highest BCUT2D eigenvalue weighted by Gasteiger charge is 2.28. The molecule has 3 N–H and O–H groups in total. The molecule has 5 rings (SSSR count). The summed E-state index contributed by atoms with van der Waals surface area (Å²) in [5, 5.41) is 21.5. The summed E-state index contributed by atoms with van der Waals surface area (Å²) in [5.74, 6) is 0.300. The fourth-order valence-electron chi connectivity index (χ4n) is 4.42. The third kappa shape index (κ3) is 5.21. The van der Waals surface area contributed by atoms with Gasteiger partial charge in [-0.2, -0.15) is 9.78 Å². The lowest BCUT2D eigenvalue weighted by atomic mass is 9.82. The molecule has 38 heavy (non-hydrogen) atoms. The molecule has 1 aromatic heterocycles. The number of aromatic nitrogens is 2. The number of carbonyl (C=O) groups is 2. The summed E-state index contributed by atoms with van der Waals surface area (Å²) in [6.45, 7) is 0.257. The lowest BCUT2D eigenvalue weighted by Gasteiger charge is -2.25. The summed E-state index contributed by atoms with van der Waals surface area (Å²) in [6, 6.07) is 20.4. The molecule has 0 saturated heterocycles. The highest BCUT2D eigenvalue weighted by atomic mass is 35.5. The lowest BCUT2D eigenvalue weighted by Crippen LogP contribution is -2.31. The first-order chi connectivity index (χ1) is 18.4. The van der Waals surface area contributed by atoms with Gasteiger partial charge in [-0.15, -0.1) is 0 Å². The molecule has 8 nitrogen and oxygen atoms in total. The Labute approximate surface area is 225 Å². The predicted molar refractivity (Wildman–Crippen MR) is 146 cm³/mol. The first-order valence-corrected chi connectivity index (χ1v) is 12.7. The van der Waals surface area contributed by atoms with E-state index in [1.54, 1.807) is 42.5 Å². The van der Waals surface area contributed by atoms with Crippen LogP contribution in [0.2, 0.25) is 5.02 Å². The fourth-order valence-corrected chi connectivity index (χ4v) is 4.62. The van der Waals surface area contributed by atoms with Gasteiger partial charge in [-0.1, -0.05) is 48.4 Å². The summed E-state index contributed by atoms with van der Waals surface area (Å²) in [4.78, 5) is 26.1. The van der Waals surface area contributed by atoms with Crippen LogP contribution in [0, 0.1) is 0 Å². The first-order valence-electron chi connectivity index (χ1n) is 12.3. The van der Waals surface area contributed by atoms with Crippen LogP contribution in [-0.4, -0.2) is 33.9 Å². The van der Waals surface area contributed by atoms with E-state index in [0.717, 1.165) is 30.5 Å². The fraction of sp³-hybridized carbons (Fsp3) is 0.207. The van der Waals surface area contributed by atoms with Gasteiger partial charge in [-0.05, 0) is 60.9 Å². The number of phenols is 1. The highest BCUT2D eigenvalue weighted by molar-refractivity contribution is 6.31. The summed E-state index contributed by atoms with van der Waals surface area (Å²) < 4.78 is 6.66. The highest BCUT2D eigenvalue weighted by Crippen LogP contribution is 2.39. The minimum atomic E-state index is -0.377. The minimum absolute atomic E-state index is 0.0124. The average Bonchev–Trinajstić information content (AvgIpc) is 3.32. The Morgan fingerprint density at radius 1 is 1.08 bits per heavy atom. The molecular weight excluding hydrogens is 504 g/mol. The average molecular weight is 531 g/mol. The van der Waals surface area contributed by atoms with Gasteiger partial charge in [0.05, 0.1) is 24.1 Å². The standard InChI is InChI=1S/C29H27ClN4O4/c1-38-27-12-5-3-10-21(27)28(36)32-20-13-14-26(35)22(15-20)24-16-25(18-8-6-9-18)34(33-24)29(37)31-17-19-7-2-4-11-23(19)30/h2-5,7,10-16,18,35H,6,8-9,17H2,1H3,(H,31,37)(H,32,36). The molecule has 0 radical (unpaired) electrons. The van der Waals surface area contributed by atoms with Crippen LogP contribution in [0.25, 0.3) is 11.3 Å². The Morgan fingerprint density at radius 2 is 1.84 bits per heavy atom. The smallest absolute Gasteiger partial charge is 0.342 e. The molecule has 1 heterocycles. The quantitative estimate of drug-likeness (QED) is 0.247. The molecule has 1 aliphatic rings. The maximum atomic E-state index is 13.2. The monoisotopic (exact) mass is 530 g/mol. The van der Waals surface area contributed by atoms with Crippen molar-refractivity contribution in [2.24, 2.45) is 0 Å². The molecule has 3 aromatic carbocycles. The van der Waals surface area contributed by atoms with Crippen molar-refractivity contribution >= 4 is 29.2 Å². The number of anilines is 1. The number of amides is 2. The van der Waals surface area contributed by atoms with Crippen molar-refractivity contribution in [1.82, 2.24) is 15.1 Å². The van der Waals surface area contributed by atoms with Crippen LogP contribution in [0.5, 0.6) is 11.5 Å². The van der Waals surface area contributed by atoms with Gasteiger partial charge in [0.2, 0.25) is 0 Å². The first kappa shape index (κ1) is 25.4. The number of aromatic hydroxyl groups is 1. The zero-order chi connectivity index (χ0) is 26.6. The zero-order valence-corrected chi connectivity index (χ0v) is 21.5. The second-order valence-electron chi connectivity index (χ2n) is 9.13. The maximum Gasteiger partial charge on any atom is 0.342 e. The van der Waals surface area contributed by atoms with Gasteiger partial charge < -0.3 is 20.5 Å². The molecule has 1 saturated carbocycles. The normalized spacial score (nSPS) is 13.0. The number of methoxy groups -OCH3 is 1. The van der Waals surface area contributed by atoms with Crippen molar-refractivity contribution in [3.63, 3.8) is 0 Å². The number of hydrogen-bond acceptors (Lipinski definition) is 5. The molecule has 0 aliphatic heterocycles. The van der Waals surface area contributed by atoms with Crippen LogP contribution >= 0.6 is 11.6 Å². The van der Waals surface area contributed by atoms with Crippen molar-refractivity contribution in [2.45, 2.75) is 31.7 Å². The van der Waals surface area contributed by atoms with Crippen molar-refractivity contribution in [3.05, 3.63) is 94.6 Å². The van der Waals surface area contributed by atoms with Crippen LogP contribution in [0.15, 0.2) is 72.8 Å². The summed E-state index contributed by atoms with van der Waals surface area (Å²) in [7, 11) is 1.51. The van der Waals surface area contributed by atoms with Gasteiger partial charge in [-0.25, -0.2) is 4.79 Å². The van der Waals surface area contributed by atoms with Crippen molar-refractivity contribution < 1.29 is 19.4 Å². The summed E-state index contributed by atoms with van der Waals surface area (Å²) in [6.07, 6.45) is 3.01. The third-order valence-electron chi connectivity index (χ3n) is 6.72. The minimum Gasteiger partial charge on any atom is -0.507 e. The largest absolute Gasteiger partial charge is 0.507 e. The molecule has 0 bridgehead atoms. The number of halogens is 1. The number of phenolic OH excluding ortho intramolecular Hbond substituents is 1. The van der Waals surface area contributed by atoms with E-state index in [4.69, 9.17) is 16.3 Å². The maximum absolute atomic E-state index is 13.2. The van der Waals surface area contributed by atoms with E-state index in [9.17, 15) is 14.7 Å². The lowest BCUT2D eigenvalue weighted by molar-refractivity contribution is 0.102. The van der Waals surface area contributed by atoms with E-state index in [1.807, 2.05) is 24.3 Å². The number of ether oxygens (including phenoxy) is 1. The van der Waals surface area contributed by atoms with E-state index in [1.165, 1.54) is 17.9 Å². The number of hydrogen-bond donors (Lipinski definition) is 3. The second kappa shape index (κ2) is 11.0. The second-order valence-corrected chi connectivity index (χ2v) is 9.54. The van der Waals surface area contributed by atoms with E-state index < -0.39 is 0 Å². The third-order valence-corrected chi connectivity index (χ3v) is 7.09. The van der Waals surface area contributed by atoms with E-state index in [0.29, 0.717) is 33.3 Å². The van der Waals surface area contributed by atoms with Crippen LogP contribution in [0.3, 0.4) is 0 Å². The van der Waals surface area contributed by atoms with Crippen LogP contribution in [0.1, 0.15) is 46.8 Å². The van der Waals surface area contributed by atoms with Gasteiger partial charge in [0, 0.05) is 28.7 Å². The number of benzene rings is 3. The number of nitrogens with zero attached hydrogens (tertiary/aromatic N) is 2. The van der Waals surface area contributed by atoms with Crippen molar-refractivity contribution in [3.8, 4) is 22.8 Å². The summed E-state index contributed by atoms with van der Waals surface area (Å²) in [5.41, 5.74) is 3.28. The Morgan fingerprint density at radius 3 is 2.58 bits per heavy atom. The van der Waals surface area contributed by atoms with Gasteiger partial charge in [0.1, 0.15) is 11.5 Å². The van der Waals surface area contributed by atoms with E-state index >= 15 is 0 Å². The molecule has 0 atom stereocenters. The molecule has 1 aliphatic carbocycles. The predicted octanol–water partition coefficient (Wildman–Crippen LogP) is 6.20. The Hall–Kier alpha value is -4.30. The molecule has 2 amide bonds. The molecule has 4 aromatic rings.